The van der Waals surface area contributed by atoms with Crippen molar-refractivity contribution in [2.24, 2.45) is 0 Å². The lowest BCUT2D eigenvalue weighted by atomic mass is 9.91. The van der Waals surface area contributed by atoms with Crippen LogP contribution in [0.15, 0.2) is 18.2 Å². The Kier molecular flexibility index (Phi) is 3.30. The highest BCUT2D eigenvalue weighted by atomic mass is 16.6. The van der Waals surface area contributed by atoms with E-state index in [1.54, 1.807) is 7.11 Å². The van der Waals surface area contributed by atoms with Gasteiger partial charge in [0.15, 0.2) is 11.5 Å². The summed E-state index contributed by atoms with van der Waals surface area (Å²) in [6, 6.07) is 5.68. The molecule has 2 aliphatic rings. The molecule has 0 radical (unpaired) electrons. The van der Waals surface area contributed by atoms with E-state index in [0.29, 0.717) is 24.7 Å². The Hall–Kier alpha value is -1.75. The first kappa shape index (κ1) is 13.2. The third-order valence-corrected chi connectivity index (χ3v) is 4.01. The van der Waals surface area contributed by atoms with Crippen LogP contribution in [0.3, 0.4) is 0 Å². The number of rotatable bonds is 6. The largest absolute Gasteiger partial charge is 0.493 e. The maximum atomic E-state index is 11.1. The van der Waals surface area contributed by atoms with Crippen LogP contribution in [0.1, 0.15) is 24.8 Å². The first-order chi connectivity index (χ1) is 9.64. The first-order valence-electron chi connectivity index (χ1n) is 6.78. The lowest BCUT2D eigenvalue weighted by Crippen LogP contribution is -2.39. The van der Waals surface area contributed by atoms with Crippen molar-refractivity contribution in [1.29, 1.82) is 0 Å². The zero-order valence-corrected chi connectivity index (χ0v) is 11.4. The van der Waals surface area contributed by atoms with E-state index in [1.165, 1.54) is 0 Å². The van der Waals surface area contributed by atoms with Crippen molar-refractivity contribution < 1.29 is 24.1 Å². The molecule has 1 saturated heterocycles. The summed E-state index contributed by atoms with van der Waals surface area (Å²) in [4.78, 5) is 11.1. The standard InChI is InChI=1S/C15H18O5/c1-18-12-4-2-3-11(14(12)20-10-8-19-9-10)15(5-6-15)7-13(16)17/h2-4,10H,5-9H2,1H3,(H,16,17). The molecule has 1 N–H and O–H groups in total. The third kappa shape index (κ3) is 2.33. The zero-order chi connectivity index (χ0) is 14.2. The molecule has 1 saturated carbocycles. The average molecular weight is 278 g/mol. The number of benzene rings is 1. The lowest BCUT2D eigenvalue weighted by Gasteiger charge is -2.30. The minimum absolute atomic E-state index is 0.0330. The molecular weight excluding hydrogens is 260 g/mol. The normalized spacial score (nSPS) is 20.1. The minimum atomic E-state index is -0.775. The predicted octanol–water partition coefficient (Wildman–Crippen LogP) is 1.98. The van der Waals surface area contributed by atoms with Gasteiger partial charge in [-0.25, -0.2) is 0 Å². The second-order valence-electron chi connectivity index (χ2n) is 5.47. The maximum Gasteiger partial charge on any atom is 0.304 e. The molecule has 1 aliphatic heterocycles. The SMILES string of the molecule is COc1cccc(C2(CC(=O)O)CC2)c1OC1COC1. The third-order valence-electron chi connectivity index (χ3n) is 4.01. The van der Waals surface area contributed by atoms with E-state index < -0.39 is 5.97 Å². The van der Waals surface area contributed by atoms with Gasteiger partial charge in [0.1, 0.15) is 6.10 Å². The topological polar surface area (TPSA) is 65.0 Å². The Labute approximate surface area is 117 Å². The molecule has 0 amide bonds. The van der Waals surface area contributed by atoms with Gasteiger partial charge in [0, 0.05) is 11.0 Å². The van der Waals surface area contributed by atoms with Gasteiger partial charge in [0.25, 0.3) is 0 Å². The van der Waals surface area contributed by atoms with E-state index in [0.717, 1.165) is 18.4 Å². The van der Waals surface area contributed by atoms with Crippen LogP contribution in [0, 0.1) is 0 Å². The molecule has 3 rings (SSSR count). The summed E-state index contributed by atoms with van der Waals surface area (Å²) in [6.07, 6.45) is 1.93. The van der Waals surface area contributed by atoms with Crippen LogP contribution in [0.4, 0.5) is 0 Å². The average Bonchev–Trinajstić information content (AvgIpc) is 3.13. The summed E-state index contributed by atoms with van der Waals surface area (Å²) in [7, 11) is 1.60. The molecule has 0 unspecified atom stereocenters. The molecule has 2 fully saturated rings. The Balaban J connectivity index is 1.94. The number of carbonyl (C=O) groups is 1. The second kappa shape index (κ2) is 4.98. The molecule has 0 aromatic heterocycles. The van der Waals surface area contributed by atoms with Crippen molar-refractivity contribution in [1.82, 2.24) is 0 Å². The number of para-hydroxylation sites is 1. The van der Waals surface area contributed by atoms with E-state index in [-0.39, 0.29) is 17.9 Å². The highest BCUT2D eigenvalue weighted by Crippen LogP contribution is 2.55. The quantitative estimate of drug-likeness (QED) is 0.862. The number of carboxylic acids is 1. The fourth-order valence-corrected chi connectivity index (χ4v) is 2.65. The maximum absolute atomic E-state index is 11.1. The summed E-state index contributed by atoms with van der Waals surface area (Å²) in [5, 5.41) is 9.11. The Morgan fingerprint density at radius 3 is 2.70 bits per heavy atom. The predicted molar refractivity (Wildman–Crippen MR) is 71.4 cm³/mol. The fourth-order valence-electron chi connectivity index (χ4n) is 2.65. The number of ether oxygens (including phenoxy) is 3. The minimum Gasteiger partial charge on any atom is -0.493 e. The summed E-state index contributed by atoms with van der Waals surface area (Å²) in [5.74, 6) is 0.566. The van der Waals surface area contributed by atoms with Gasteiger partial charge in [-0.2, -0.15) is 0 Å². The summed E-state index contributed by atoms with van der Waals surface area (Å²) < 4.78 is 16.5. The van der Waals surface area contributed by atoms with Gasteiger partial charge in [-0.3, -0.25) is 4.79 Å². The van der Waals surface area contributed by atoms with Crippen molar-refractivity contribution in [3.8, 4) is 11.5 Å². The second-order valence-corrected chi connectivity index (χ2v) is 5.47. The van der Waals surface area contributed by atoms with Gasteiger partial charge in [-0.1, -0.05) is 12.1 Å². The van der Waals surface area contributed by atoms with Crippen LogP contribution in [-0.2, 0) is 14.9 Å². The highest BCUT2D eigenvalue weighted by molar-refractivity contribution is 5.71. The molecule has 5 heteroatoms. The number of methoxy groups -OCH3 is 1. The van der Waals surface area contributed by atoms with Crippen molar-refractivity contribution >= 4 is 5.97 Å². The summed E-state index contributed by atoms with van der Waals surface area (Å²) >= 11 is 0. The van der Waals surface area contributed by atoms with Gasteiger partial charge in [0.2, 0.25) is 0 Å². The van der Waals surface area contributed by atoms with Crippen LogP contribution in [-0.4, -0.2) is 37.5 Å². The van der Waals surface area contributed by atoms with Gasteiger partial charge in [0.05, 0.1) is 26.7 Å². The van der Waals surface area contributed by atoms with Crippen LogP contribution in [0.25, 0.3) is 0 Å². The molecular formula is C15H18O5. The van der Waals surface area contributed by atoms with E-state index in [1.807, 2.05) is 18.2 Å². The molecule has 0 atom stereocenters. The number of hydrogen-bond donors (Lipinski definition) is 1. The van der Waals surface area contributed by atoms with Gasteiger partial charge < -0.3 is 19.3 Å². The van der Waals surface area contributed by atoms with E-state index in [4.69, 9.17) is 19.3 Å². The molecule has 20 heavy (non-hydrogen) atoms. The van der Waals surface area contributed by atoms with E-state index in [9.17, 15) is 4.79 Å². The first-order valence-corrected chi connectivity index (χ1v) is 6.78. The number of hydrogen-bond acceptors (Lipinski definition) is 4. The smallest absolute Gasteiger partial charge is 0.304 e. The van der Waals surface area contributed by atoms with Crippen molar-refractivity contribution in [2.75, 3.05) is 20.3 Å². The molecule has 1 aliphatic carbocycles. The van der Waals surface area contributed by atoms with Gasteiger partial charge >= 0.3 is 5.97 Å². The molecule has 1 aromatic carbocycles. The van der Waals surface area contributed by atoms with Crippen LogP contribution in [0.5, 0.6) is 11.5 Å². The molecule has 0 bridgehead atoms. The molecule has 5 nitrogen and oxygen atoms in total. The van der Waals surface area contributed by atoms with Gasteiger partial charge in [-0.15, -0.1) is 0 Å². The van der Waals surface area contributed by atoms with Crippen molar-refractivity contribution in [3.63, 3.8) is 0 Å². The zero-order valence-electron chi connectivity index (χ0n) is 11.4. The van der Waals surface area contributed by atoms with Crippen LogP contribution >= 0.6 is 0 Å². The van der Waals surface area contributed by atoms with Crippen molar-refractivity contribution in [2.45, 2.75) is 30.8 Å². The van der Waals surface area contributed by atoms with Gasteiger partial charge in [-0.05, 0) is 18.9 Å². The Morgan fingerprint density at radius 2 is 2.20 bits per heavy atom. The van der Waals surface area contributed by atoms with Crippen LogP contribution in [0.2, 0.25) is 0 Å². The Morgan fingerprint density at radius 1 is 1.45 bits per heavy atom. The fraction of sp³-hybridized carbons (Fsp3) is 0.533. The van der Waals surface area contributed by atoms with Crippen molar-refractivity contribution in [3.05, 3.63) is 23.8 Å². The number of carboxylic acid groups (broad SMARTS) is 1. The Bertz CT molecular complexity index is 517. The van der Waals surface area contributed by atoms with E-state index >= 15 is 0 Å². The van der Waals surface area contributed by atoms with Crippen LogP contribution < -0.4 is 9.47 Å². The molecule has 1 heterocycles. The summed E-state index contributed by atoms with van der Waals surface area (Å²) in [5.41, 5.74) is 0.659. The number of aliphatic carboxylic acids is 1. The summed E-state index contributed by atoms with van der Waals surface area (Å²) in [6.45, 7) is 1.15. The lowest BCUT2D eigenvalue weighted by molar-refractivity contribution is -0.137. The molecule has 0 spiro atoms. The highest BCUT2D eigenvalue weighted by Gasteiger charge is 2.48. The molecule has 108 valence electrons. The van der Waals surface area contributed by atoms with E-state index in [2.05, 4.69) is 0 Å². The monoisotopic (exact) mass is 278 g/mol. The molecule has 1 aromatic rings.